The molecule has 0 spiro atoms. The van der Waals surface area contributed by atoms with Gasteiger partial charge in [-0.3, -0.25) is 0 Å². The number of methoxy groups -OCH3 is 1. The lowest BCUT2D eigenvalue weighted by Gasteiger charge is -2.16. The fourth-order valence-corrected chi connectivity index (χ4v) is 2.66. The number of aromatic nitrogens is 1. The standard InChI is InChI=1S/C17H30N2O2/c1-3-8-18-17(15-5-6-15)16-7-10-19(14-16)9-4-11-21-13-12-20-2/h7,10,14-15,17-18H,3-6,8-9,11-13H2,1-2H3. The van der Waals surface area contributed by atoms with E-state index in [4.69, 9.17) is 9.47 Å². The molecule has 2 rings (SSSR count). The summed E-state index contributed by atoms with van der Waals surface area (Å²) in [6.07, 6.45) is 9.51. The van der Waals surface area contributed by atoms with Crippen LogP contribution in [0.4, 0.5) is 0 Å². The first-order chi connectivity index (χ1) is 10.3. The van der Waals surface area contributed by atoms with Gasteiger partial charge in [-0.25, -0.2) is 0 Å². The monoisotopic (exact) mass is 294 g/mol. The zero-order valence-electron chi connectivity index (χ0n) is 13.5. The molecule has 1 atom stereocenters. The highest BCUT2D eigenvalue weighted by atomic mass is 16.5. The molecule has 1 heterocycles. The van der Waals surface area contributed by atoms with Crippen LogP contribution >= 0.6 is 0 Å². The van der Waals surface area contributed by atoms with Crippen LogP contribution in [-0.2, 0) is 16.0 Å². The molecule has 0 amide bonds. The van der Waals surface area contributed by atoms with E-state index in [1.807, 2.05) is 0 Å². The van der Waals surface area contributed by atoms with Crippen molar-refractivity contribution in [3.05, 3.63) is 24.0 Å². The minimum absolute atomic E-state index is 0.559. The Hall–Kier alpha value is -0.840. The highest BCUT2D eigenvalue weighted by Gasteiger charge is 2.32. The van der Waals surface area contributed by atoms with E-state index in [0.717, 1.165) is 32.0 Å². The second kappa shape index (κ2) is 9.23. The molecule has 1 aliphatic carbocycles. The molecule has 4 heteroatoms. The van der Waals surface area contributed by atoms with E-state index >= 15 is 0 Å². The predicted octanol–water partition coefficient (Wildman–Crippen LogP) is 2.99. The van der Waals surface area contributed by atoms with Crippen molar-refractivity contribution < 1.29 is 9.47 Å². The van der Waals surface area contributed by atoms with Gasteiger partial charge in [-0.05, 0) is 49.8 Å². The largest absolute Gasteiger partial charge is 0.382 e. The van der Waals surface area contributed by atoms with E-state index in [1.54, 1.807) is 7.11 Å². The lowest BCUT2D eigenvalue weighted by atomic mass is 10.1. The van der Waals surface area contributed by atoms with Crippen LogP contribution in [0.25, 0.3) is 0 Å². The Labute approximate surface area is 128 Å². The molecule has 1 aromatic rings. The first-order valence-corrected chi connectivity index (χ1v) is 8.31. The molecule has 1 N–H and O–H groups in total. The van der Waals surface area contributed by atoms with Crippen molar-refractivity contribution in [3.63, 3.8) is 0 Å². The zero-order valence-corrected chi connectivity index (χ0v) is 13.5. The van der Waals surface area contributed by atoms with E-state index in [0.29, 0.717) is 19.3 Å². The Balaban J connectivity index is 1.72. The maximum atomic E-state index is 5.50. The predicted molar refractivity (Wildman–Crippen MR) is 85.5 cm³/mol. The molecule has 0 radical (unpaired) electrons. The average Bonchev–Trinajstić information content (AvgIpc) is 3.22. The molecule has 0 bridgehead atoms. The fraction of sp³-hybridized carbons (Fsp3) is 0.765. The Kier molecular flexibility index (Phi) is 7.27. The quantitative estimate of drug-likeness (QED) is 0.602. The zero-order chi connectivity index (χ0) is 14.9. The third kappa shape index (κ3) is 5.81. The maximum absolute atomic E-state index is 5.50. The van der Waals surface area contributed by atoms with Crippen molar-refractivity contribution >= 4 is 0 Å². The van der Waals surface area contributed by atoms with Crippen molar-refractivity contribution in [3.8, 4) is 0 Å². The van der Waals surface area contributed by atoms with Crippen LogP contribution < -0.4 is 5.32 Å². The Bertz CT molecular complexity index is 388. The summed E-state index contributed by atoms with van der Waals surface area (Å²) in [5, 5.41) is 3.70. The number of hydrogen-bond acceptors (Lipinski definition) is 3. The van der Waals surface area contributed by atoms with Gasteiger partial charge < -0.3 is 19.4 Å². The molecule has 1 fully saturated rings. The van der Waals surface area contributed by atoms with E-state index in [9.17, 15) is 0 Å². The molecular weight excluding hydrogens is 264 g/mol. The Morgan fingerprint density at radius 1 is 1.33 bits per heavy atom. The van der Waals surface area contributed by atoms with Crippen LogP contribution in [0.3, 0.4) is 0 Å². The van der Waals surface area contributed by atoms with Crippen LogP contribution in [0.1, 0.15) is 44.2 Å². The van der Waals surface area contributed by atoms with Crippen LogP contribution in [0.5, 0.6) is 0 Å². The van der Waals surface area contributed by atoms with Crippen molar-refractivity contribution in [1.29, 1.82) is 0 Å². The number of hydrogen-bond donors (Lipinski definition) is 1. The summed E-state index contributed by atoms with van der Waals surface area (Å²) in [5.74, 6) is 0.852. The highest BCUT2D eigenvalue weighted by molar-refractivity contribution is 5.18. The normalized spacial score (nSPS) is 16.3. The van der Waals surface area contributed by atoms with E-state index in [-0.39, 0.29) is 0 Å². The smallest absolute Gasteiger partial charge is 0.0700 e. The topological polar surface area (TPSA) is 35.4 Å². The average molecular weight is 294 g/mol. The number of ether oxygens (including phenoxy) is 2. The van der Waals surface area contributed by atoms with Crippen LogP contribution in [0, 0.1) is 5.92 Å². The summed E-state index contributed by atoms with van der Waals surface area (Å²) in [6.45, 7) is 6.54. The summed E-state index contributed by atoms with van der Waals surface area (Å²) in [6, 6.07) is 2.83. The van der Waals surface area contributed by atoms with Gasteiger partial charge in [-0.15, -0.1) is 0 Å². The Morgan fingerprint density at radius 2 is 2.19 bits per heavy atom. The number of rotatable bonds is 12. The maximum Gasteiger partial charge on any atom is 0.0700 e. The molecule has 21 heavy (non-hydrogen) atoms. The van der Waals surface area contributed by atoms with Gasteiger partial charge in [0.1, 0.15) is 0 Å². The first-order valence-electron chi connectivity index (χ1n) is 8.31. The SMILES string of the molecule is CCCNC(c1ccn(CCCOCCOC)c1)C1CC1. The van der Waals surface area contributed by atoms with Gasteiger partial charge in [-0.2, -0.15) is 0 Å². The molecule has 4 nitrogen and oxygen atoms in total. The molecule has 0 aliphatic heterocycles. The lowest BCUT2D eigenvalue weighted by molar-refractivity contribution is 0.0680. The van der Waals surface area contributed by atoms with Crippen LogP contribution in [-0.4, -0.2) is 38.0 Å². The molecule has 1 unspecified atom stereocenters. The van der Waals surface area contributed by atoms with Gasteiger partial charge in [0.05, 0.1) is 13.2 Å². The van der Waals surface area contributed by atoms with Gasteiger partial charge in [0.15, 0.2) is 0 Å². The molecule has 0 saturated heterocycles. The van der Waals surface area contributed by atoms with E-state index < -0.39 is 0 Å². The molecule has 1 saturated carbocycles. The lowest BCUT2D eigenvalue weighted by Crippen LogP contribution is -2.23. The van der Waals surface area contributed by atoms with Crippen molar-refractivity contribution in [2.24, 2.45) is 5.92 Å². The van der Waals surface area contributed by atoms with Crippen molar-refractivity contribution in [2.75, 3.05) is 33.5 Å². The number of aryl methyl sites for hydroxylation is 1. The minimum Gasteiger partial charge on any atom is -0.382 e. The van der Waals surface area contributed by atoms with E-state index in [1.165, 1.54) is 24.8 Å². The highest BCUT2D eigenvalue weighted by Crippen LogP contribution is 2.41. The molecule has 120 valence electrons. The molecule has 1 aliphatic rings. The summed E-state index contributed by atoms with van der Waals surface area (Å²) in [7, 11) is 1.70. The van der Waals surface area contributed by atoms with Gasteiger partial charge in [0.25, 0.3) is 0 Å². The Morgan fingerprint density at radius 3 is 2.90 bits per heavy atom. The summed E-state index contributed by atoms with van der Waals surface area (Å²) in [5.41, 5.74) is 1.45. The summed E-state index contributed by atoms with van der Waals surface area (Å²) < 4.78 is 12.8. The molecule has 1 aromatic heterocycles. The van der Waals surface area contributed by atoms with Gasteiger partial charge in [0.2, 0.25) is 0 Å². The van der Waals surface area contributed by atoms with Gasteiger partial charge in [-0.1, -0.05) is 6.92 Å². The third-order valence-electron chi connectivity index (χ3n) is 3.98. The van der Waals surface area contributed by atoms with Crippen molar-refractivity contribution in [1.82, 2.24) is 9.88 Å². The molecule has 0 aromatic carbocycles. The second-order valence-electron chi connectivity index (χ2n) is 5.91. The van der Waals surface area contributed by atoms with Gasteiger partial charge >= 0.3 is 0 Å². The second-order valence-corrected chi connectivity index (χ2v) is 5.91. The van der Waals surface area contributed by atoms with Crippen LogP contribution in [0.15, 0.2) is 18.5 Å². The number of nitrogens with zero attached hydrogens (tertiary/aromatic N) is 1. The molecular formula is C17H30N2O2. The van der Waals surface area contributed by atoms with Crippen molar-refractivity contribution in [2.45, 2.75) is 45.2 Å². The third-order valence-corrected chi connectivity index (χ3v) is 3.98. The summed E-state index contributed by atoms with van der Waals surface area (Å²) >= 11 is 0. The van der Waals surface area contributed by atoms with Crippen LogP contribution in [0.2, 0.25) is 0 Å². The van der Waals surface area contributed by atoms with Gasteiger partial charge in [0, 0.05) is 38.7 Å². The summed E-state index contributed by atoms with van der Waals surface area (Å²) in [4.78, 5) is 0. The number of nitrogens with one attached hydrogen (secondary N) is 1. The first kappa shape index (κ1) is 16.5. The van der Waals surface area contributed by atoms with E-state index in [2.05, 4.69) is 35.3 Å². The minimum atomic E-state index is 0.559. The fourth-order valence-electron chi connectivity index (χ4n) is 2.66.